The average molecular weight is 278 g/mol. The maximum absolute atomic E-state index is 3.97. The Morgan fingerprint density at radius 2 is 1.90 bits per heavy atom. The highest BCUT2D eigenvalue weighted by molar-refractivity contribution is 5.01. The third-order valence-corrected chi connectivity index (χ3v) is 6.33. The summed E-state index contributed by atoms with van der Waals surface area (Å²) in [5.41, 5.74) is 0.477. The first-order valence-electron chi connectivity index (χ1n) is 9.23. The molecule has 20 heavy (non-hydrogen) atoms. The van der Waals surface area contributed by atoms with Crippen molar-refractivity contribution in [1.82, 2.24) is 10.2 Å². The molecule has 1 aliphatic heterocycles. The van der Waals surface area contributed by atoms with Gasteiger partial charge in [-0.05, 0) is 38.0 Å². The lowest BCUT2D eigenvalue weighted by Crippen LogP contribution is -2.66. The van der Waals surface area contributed by atoms with E-state index in [9.17, 15) is 0 Å². The van der Waals surface area contributed by atoms with Crippen LogP contribution in [0.4, 0.5) is 0 Å². The Labute approximate surface area is 125 Å². The molecule has 0 amide bonds. The summed E-state index contributed by atoms with van der Waals surface area (Å²) in [5.74, 6) is 0.948. The molecule has 3 atom stereocenters. The smallest absolute Gasteiger partial charge is 0.0309 e. The fourth-order valence-corrected chi connectivity index (χ4v) is 5.06. The van der Waals surface area contributed by atoms with Gasteiger partial charge in [0.2, 0.25) is 0 Å². The van der Waals surface area contributed by atoms with E-state index < -0.39 is 0 Å². The molecule has 2 saturated carbocycles. The Morgan fingerprint density at radius 1 is 1.10 bits per heavy atom. The van der Waals surface area contributed by atoms with Crippen LogP contribution in [0.25, 0.3) is 0 Å². The van der Waals surface area contributed by atoms with E-state index in [1.54, 1.807) is 0 Å². The van der Waals surface area contributed by atoms with Crippen LogP contribution in [0.2, 0.25) is 0 Å². The largest absolute Gasteiger partial charge is 0.308 e. The number of piperazine rings is 1. The van der Waals surface area contributed by atoms with Crippen LogP contribution in [0.3, 0.4) is 0 Å². The summed E-state index contributed by atoms with van der Waals surface area (Å²) in [5, 5.41) is 3.97. The quantitative estimate of drug-likeness (QED) is 0.822. The lowest BCUT2D eigenvalue weighted by atomic mass is 9.77. The zero-order chi connectivity index (χ0) is 14.0. The summed E-state index contributed by atoms with van der Waals surface area (Å²) in [6, 6.07) is 1.67. The summed E-state index contributed by atoms with van der Waals surface area (Å²) in [7, 11) is 0. The minimum absolute atomic E-state index is 0.477. The highest BCUT2D eigenvalue weighted by Gasteiger charge is 2.42. The second-order valence-electron chi connectivity index (χ2n) is 7.88. The van der Waals surface area contributed by atoms with Crippen molar-refractivity contribution in [3.05, 3.63) is 0 Å². The number of nitrogens with one attached hydrogen (secondary N) is 1. The van der Waals surface area contributed by atoms with Crippen LogP contribution in [-0.4, -0.2) is 35.6 Å². The summed E-state index contributed by atoms with van der Waals surface area (Å²) in [4.78, 5) is 2.94. The second-order valence-corrected chi connectivity index (χ2v) is 7.88. The topological polar surface area (TPSA) is 15.3 Å². The summed E-state index contributed by atoms with van der Waals surface area (Å²) >= 11 is 0. The highest BCUT2D eigenvalue weighted by Crippen LogP contribution is 2.36. The molecule has 0 radical (unpaired) electrons. The summed E-state index contributed by atoms with van der Waals surface area (Å²) in [6.45, 7) is 7.42. The van der Waals surface area contributed by atoms with Gasteiger partial charge >= 0.3 is 0 Å². The molecule has 0 aromatic rings. The van der Waals surface area contributed by atoms with E-state index in [0.29, 0.717) is 5.54 Å². The maximum atomic E-state index is 3.97. The molecule has 1 saturated heterocycles. The molecule has 1 spiro atoms. The van der Waals surface area contributed by atoms with E-state index in [4.69, 9.17) is 0 Å². The Morgan fingerprint density at radius 3 is 2.60 bits per heavy atom. The van der Waals surface area contributed by atoms with Crippen molar-refractivity contribution in [1.29, 1.82) is 0 Å². The van der Waals surface area contributed by atoms with Crippen molar-refractivity contribution in [2.45, 2.75) is 95.7 Å². The molecule has 3 rings (SSSR count). The van der Waals surface area contributed by atoms with Gasteiger partial charge in [-0.3, -0.25) is 4.90 Å². The Kier molecular flexibility index (Phi) is 4.72. The van der Waals surface area contributed by atoms with Gasteiger partial charge in [0.1, 0.15) is 0 Å². The van der Waals surface area contributed by atoms with Crippen molar-refractivity contribution in [3.63, 3.8) is 0 Å². The minimum atomic E-state index is 0.477. The summed E-state index contributed by atoms with van der Waals surface area (Å²) < 4.78 is 0. The highest BCUT2D eigenvalue weighted by atomic mass is 15.3. The van der Waals surface area contributed by atoms with E-state index in [-0.39, 0.29) is 0 Å². The molecule has 2 aliphatic carbocycles. The Bertz CT molecular complexity index is 309. The lowest BCUT2D eigenvalue weighted by molar-refractivity contribution is 0.00449. The average Bonchev–Trinajstić information content (AvgIpc) is 2.48. The molecule has 3 unspecified atom stereocenters. The van der Waals surface area contributed by atoms with Crippen molar-refractivity contribution in [2.75, 3.05) is 13.1 Å². The van der Waals surface area contributed by atoms with Gasteiger partial charge in [-0.25, -0.2) is 0 Å². The van der Waals surface area contributed by atoms with Crippen LogP contribution >= 0.6 is 0 Å². The van der Waals surface area contributed by atoms with Gasteiger partial charge in [-0.1, -0.05) is 46.0 Å². The van der Waals surface area contributed by atoms with E-state index in [2.05, 4.69) is 24.1 Å². The van der Waals surface area contributed by atoms with E-state index in [0.717, 1.165) is 18.0 Å². The standard InChI is InChI=1S/C18H34N2/c1-3-16-13-19-18(10-5-4-6-11-18)14-20(16)17-9-7-8-15(2)12-17/h15-17,19H,3-14H2,1-2H3. The van der Waals surface area contributed by atoms with Crippen LogP contribution in [-0.2, 0) is 0 Å². The van der Waals surface area contributed by atoms with Gasteiger partial charge in [-0.15, -0.1) is 0 Å². The molecule has 116 valence electrons. The van der Waals surface area contributed by atoms with E-state index >= 15 is 0 Å². The van der Waals surface area contributed by atoms with Crippen LogP contribution in [0.1, 0.15) is 78.1 Å². The Hall–Kier alpha value is -0.0800. The predicted molar refractivity (Wildman–Crippen MR) is 86.0 cm³/mol. The van der Waals surface area contributed by atoms with Crippen LogP contribution in [0.15, 0.2) is 0 Å². The zero-order valence-electron chi connectivity index (χ0n) is 13.7. The number of rotatable bonds is 2. The first kappa shape index (κ1) is 14.8. The third-order valence-electron chi connectivity index (χ3n) is 6.33. The van der Waals surface area contributed by atoms with Crippen LogP contribution in [0.5, 0.6) is 0 Å². The molecule has 0 aromatic carbocycles. The fourth-order valence-electron chi connectivity index (χ4n) is 5.06. The van der Waals surface area contributed by atoms with Gasteiger partial charge in [0.25, 0.3) is 0 Å². The van der Waals surface area contributed by atoms with Gasteiger partial charge in [0.15, 0.2) is 0 Å². The first-order valence-corrected chi connectivity index (χ1v) is 9.23. The number of nitrogens with zero attached hydrogens (tertiary/aromatic N) is 1. The molecule has 0 aromatic heterocycles. The molecule has 3 aliphatic rings. The molecule has 0 bridgehead atoms. The molecule has 2 nitrogen and oxygen atoms in total. The summed E-state index contributed by atoms with van der Waals surface area (Å²) in [6.07, 6.45) is 14.3. The van der Waals surface area contributed by atoms with Crippen molar-refractivity contribution in [3.8, 4) is 0 Å². The normalized spacial score (nSPS) is 39.0. The van der Waals surface area contributed by atoms with Gasteiger partial charge < -0.3 is 5.32 Å². The van der Waals surface area contributed by atoms with Gasteiger partial charge in [-0.2, -0.15) is 0 Å². The van der Waals surface area contributed by atoms with Crippen molar-refractivity contribution >= 4 is 0 Å². The SMILES string of the molecule is CCC1CNC2(CCCCC2)CN1C1CCCC(C)C1. The van der Waals surface area contributed by atoms with Crippen LogP contribution in [0, 0.1) is 5.92 Å². The maximum Gasteiger partial charge on any atom is 0.0309 e. The molecular weight excluding hydrogens is 244 g/mol. The zero-order valence-corrected chi connectivity index (χ0v) is 13.7. The van der Waals surface area contributed by atoms with Gasteiger partial charge in [0.05, 0.1) is 0 Å². The monoisotopic (exact) mass is 278 g/mol. The molecule has 1 N–H and O–H groups in total. The fraction of sp³-hybridized carbons (Fsp3) is 1.00. The molecule has 2 heteroatoms. The second kappa shape index (κ2) is 6.36. The first-order chi connectivity index (χ1) is 9.72. The van der Waals surface area contributed by atoms with Gasteiger partial charge in [0, 0.05) is 30.7 Å². The lowest BCUT2D eigenvalue weighted by Gasteiger charge is -2.53. The van der Waals surface area contributed by atoms with Crippen molar-refractivity contribution < 1.29 is 0 Å². The number of hydrogen-bond acceptors (Lipinski definition) is 2. The predicted octanol–water partition coefficient (Wildman–Crippen LogP) is 3.95. The van der Waals surface area contributed by atoms with Crippen LogP contribution < -0.4 is 5.32 Å². The molecule has 3 fully saturated rings. The van der Waals surface area contributed by atoms with Crippen molar-refractivity contribution in [2.24, 2.45) is 5.92 Å². The molecular formula is C18H34N2. The Balaban J connectivity index is 1.70. The van der Waals surface area contributed by atoms with E-state index in [1.165, 1.54) is 77.3 Å². The number of hydrogen-bond donors (Lipinski definition) is 1. The minimum Gasteiger partial charge on any atom is -0.308 e. The third kappa shape index (κ3) is 3.06. The van der Waals surface area contributed by atoms with E-state index in [1.807, 2.05) is 0 Å². The molecule has 1 heterocycles.